The normalized spacial score (nSPS) is 13.1. The minimum absolute atomic E-state index is 0.635. The second-order valence-electron chi connectivity index (χ2n) is 5.29. The van der Waals surface area contributed by atoms with Crippen molar-refractivity contribution in [3.05, 3.63) is 21.3 Å². The number of hydrogen-bond acceptors (Lipinski definition) is 3. The second-order valence-corrected chi connectivity index (χ2v) is 7.09. The highest BCUT2D eigenvalue weighted by Crippen LogP contribution is 2.22. The Morgan fingerprint density at radius 2 is 2.16 bits per heavy atom. The quantitative estimate of drug-likeness (QED) is 0.645. The van der Waals surface area contributed by atoms with E-state index in [9.17, 15) is 0 Å². The third kappa shape index (κ3) is 7.93. The molecule has 1 heterocycles. The van der Waals surface area contributed by atoms with Crippen molar-refractivity contribution < 1.29 is 0 Å². The molecule has 1 N–H and O–H groups in total. The summed E-state index contributed by atoms with van der Waals surface area (Å²) in [5, 5.41) is 3.60. The standard InChI is InChI=1S/C15H27ClN2S/c1-4-5-6-7-13(2)17-10-11-18(3)12-14-8-9-15(16)19-14/h8-9,13,17H,4-7,10-12H2,1-3H3. The van der Waals surface area contributed by atoms with Crippen LogP contribution in [0.25, 0.3) is 0 Å². The largest absolute Gasteiger partial charge is 0.313 e. The average Bonchev–Trinajstić information content (AvgIpc) is 2.75. The van der Waals surface area contributed by atoms with E-state index in [0.717, 1.165) is 24.0 Å². The lowest BCUT2D eigenvalue weighted by Gasteiger charge is -2.18. The summed E-state index contributed by atoms with van der Waals surface area (Å²) < 4.78 is 0.881. The molecule has 0 fully saturated rings. The summed E-state index contributed by atoms with van der Waals surface area (Å²) in [4.78, 5) is 3.68. The molecule has 1 unspecified atom stereocenters. The van der Waals surface area contributed by atoms with Gasteiger partial charge in [0.05, 0.1) is 4.34 Å². The Balaban J connectivity index is 2.08. The maximum absolute atomic E-state index is 5.94. The van der Waals surface area contributed by atoms with E-state index in [4.69, 9.17) is 11.6 Å². The molecular weight excluding hydrogens is 276 g/mol. The molecule has 0 saturated carbocycles. The fourth-order valence-electron chi connectivity index (χ4n) is 2.09. The van der Waals surface area contributed by atoms with Gasteiger partial charge in [-0.25, -0.2) is 0 Å². The molecule has 0 bridgehead atoms. The highest BCUT2D eigenvalue weighted by molar-refractivity contribution is 7.16. The molecule has 0 aliphatic carbocycles. The molecule has 0 aromatic carbocycles. The molecule has 0 aliphatic rings. The van der Waals surface area contributed by atoms with Crippen LogP contribution in [-0.2, 0) is 6.54 Å². The van der Waals surface area contributed by atoms with Gasteiger partial charge in [0.1, 0.15) is 0 Å². The third-order valence-electron chi connectivity index (χ3n) is 3.28. The summed E-state index contributed by atoms with van der Waals surface area (Å²) in [6.07, 6.45) is 5.29. The first-order valence-corrected chi connectivity index (χ1v) is 8.47. The number of nitrogens with one attached hydrogen (secondary N) is 1. The van der Waals surface area contributed by atoms with Gasteiger partial charge in [-0.05, 0) is 32.5 Å². The van der Waals surface area contributed by atoms with Gasteiger partial charge in [-0.3, -0.25) is 0 Å². The van der Waals surface area contributed by atoms with Crippen LogP contribution in [0.3, 0.4) is 0 Å². The Morgan fingerprint density at radius 1 is 1.37 bits per heavy atom. The predicted octanol–water partition coefficient (Wildman–Crippen LogP) is 4.39. The van der Waals surface area contributed by atoms with Crippen molar-refractivity contribution in [2.24, 2.45) is 0 Å². The van der Waals surface area contributed by atoms with Crippen molar-refractivity contribution in [3.63, 3.8) is 0 Å². The first-order valence-electron chi connectivity index (χ1n) is 7.28. The fourth-order valence-corrected chi connectivity index (χ4v) is 3.25. The monoisotopic (exact) mass is 302 g/mol. The second kappa shape index (κ2) is 9.76. The van der Waals surface area contributed by atoms with Crippen LogP contribution in [0, 0.1) is 0 Å². The van der Waals surface area contributed by atoms with Gasteiger partial charge in [0.15, 0.2) is 0 Å². The maximum Gasteiger partial charge on any atom is 0.0931 e. The Hall–Kier alpha value is -0.0900. The van der Waals surface area contributed by atoms with E-state index in [2.05, 4.69) is 37.2 Å². The van der Waals surface area contributed by atoms with Crippen LogP contribution in [0.15, 0.2) is 12.1 Å². The zero-order chi connectivity index (χ0) is 14.1. The summed E-state index contributed by atoms with van der Waals surface area (Å²) in [6.45, 7) is 7.67. The molecule has 0 radical (unpaired) electrons. The van der Waals surface area contributed by atoms with E-state index >= 15 is 0 Å². The van der Waals surface area contributed by atoms with Crippen molar-refractivity contribution in [1.82, 2.24) is 10.2 Å². The van der Waals surface area contributed by atoms with Crippen molar-refractivity contribution >= 4 is 22.9 Å². The minimum Gasteiger partial charge on any atom is -0.313 e. The number of likely N-dealkylation sites (N-methyl/N-ethyl adjacent to an activating group) is 1. The molecule has 1 rings (SSSR count). The van der Waals surface area contributed by atoms with E-state index in [1.807, 2.05) is 6.07 Å². The SMILES string of the molecule is CCCCCC(C)NCCN(C)Cc1ccc(Cl)s1. The number of halogens is 1. The molecule has 1 atom stereocenters. The van der Waals surface area contributed by atoms with Gasteiger partial charge in [0, 0.05) is 30.6 Å². The van der Waals surface area contributed by atoms with E-state index in [0.29, 0.717) is 6.04 Å². The molecule has 110 valence electrons. The number of thiophene rings is 1. The van der Waals surface area contributed by atoms with Crippen LogP contribution < -0.4 is 5.32 Å². The summed E-state index contributed by atoms with van der Waals surface area (Å²) in [5.41, 5.74) is 0. The van der Waals surface area contributed by atoms with E-state index in [1.54, 1.807) is 11.3 Å². The average molecular weight is 303 g/mol. The summed E-state index contributed by atoms with van der Waals surface area (Å²) in [6, 6.07) is 4.73. The Bertz CT molecular complexity index is 341. The van der Waals surface area contributed by atoms with Gasteiger partial charge in [-0.2, -0.15) is 0 Å². The molecule has 1 aromatic rings. The van der Waals surface area contributed by atoms with E-state index < -0.39 is 0 Å². The van der Waals surface area contributed by atoms with Crippen LogP contribution in [0.1, 0.15) is 44.4 Å². The summed E-state index contributed by atoms with van der Waals surface area (Å²) in [7, 11) is 2.16. The first-order chi connectivity index (χ1) is 9.11. The highest BCUT2D eigenvalue weighted by atomic mass is 35.5. The van der Waals surface area contributed by atoms with Crippen LogP contribution >= 0.6 is 22.9 Å². The molecule has 0 saturated heterocycles. The molecule has 0 spiro atoms. The lowest BCUT2D eigenvalue weighted by molar-refractivity contribution is 0.318. The zero-order valence-corrected chi connectivity index (χ0v) is 14.0. The van der Waals surface area contributed by atoms with Crippen molar-refractivity contribution in [3.8, 4) is 0 Å². The van der Waals surface area contributed by atoms with E-state index in [1.165, 1.54) is 30.6 Å². The van der Waals surface area contributed by atoms with Crippen LogP contribution in [0.5, 0.6) is 0 Å². The Labute approximate surface area is 127 Å². The van der Waals surface area contributed by atoms with Crippen LogP contribution in [-0.4, -0.2) is 31.1 Å². The molecule has 0 amide bonds. The molecule has 1 aromatic heterocycles. The van der Waals surface area contributed by atoms with Gasteiger partial charge in [0.2, 0.25) is 0 Å². The van der Waals surface area contributed by atoms with Crippen molar-refractivity contribution in [2.75, 3.05) is 20.1 Å². The van der Waals surface area contributed by atoms with Gasteiger partial charge in [-0.1, -0.05) is 37.8 Å². The highest BCUT2D eigenvalue weighted by Gasteiger charge is 2.04. The van der Waals surface area contributed by atoms with Crippen LogP contribution in [0.2, 0.25) is 4.34 Å². The van der Waals surface area contributed by atoms with Gasteiger partial charge in [-0.15, -0.1) is 11.3 Å². The first kappa shape index (κ1) is 17.0. The zero-order valence-electron chi connectivity index (χ0n) is 12.4. The summed E-state index contributed by atoms with van der Waals surface area (Å²) in [5.74, 6) is 0. The van der Waals surface area contributed by atoms with Crippen LogP contribution in [0.4, 0.5) is 0 Å². The smallest absolute Gasteiger partial charge is 0.0931 e. The molecular formula is C15H27ClN2S. The predicted molar refractivity (Wildman–Crippen MR) is 87.3 cm³/mol. The maximum atomic E-state index is 5.94. The Morgan fingerprint density at radius 3 is 2.79 bits per heavy atom. The fraction of sp³-hybridized carbons (Fsp3) is 0.733. The van der Waals surface area contributed by atoms with Gasteiger partial charge >= 0.3 is 0 Å². The number of hydrogen-bond donors (Lipinski definition) is 1. The van der Waals surface area contributed by atoms with Gasteiger partial charge < -0.3 is 10.2 Å². The number of rotatable bonds is 10. The minimum atomic E-state index is 0.635. The molecule has 0 aliphatic heterocycles. The van der Waals surface area contributed by atoms with Crippen molar-refractivity contribution in [1.29, 1.82) is 0 Å². The van der Waals surface area contributed by atoms with E-state index in [-0.39, 0.29) is 0 Å². The van der Waals surface area contributed by atoms with Gasteiger partial charge in [0.25, 0.3) is 0 Å². The lowest BCUT2D eigenvalue weighted by Crippen LogP contribution is -2.34. The third-order valence-corrected chi connectivity index (χ3v) is 4.50. The lowest BCUT2D eigenvalue weighted by atomic mass is 10.1. The summed E-state index contributed by atoms with van der Waals surface area (Å²) >= 11 is 7.61. The topological polar surface area (TPSA) is 15.3 Å². The number of unbranched alkanes of at least 4 members (excludes halogenated alkanes) is 2. The van der Waals surface area contributed by atoms with Crippen molar-refractivity contribution in [2.45, 2.75) is 52.1 Å². The Kier molecular flexibility index (Phi) is 8.71. The molecule has 4 heteroatoms. The molecule has 2 nitrogen and oxygen atoms in total. The number of nitrogens with zero attached hydrogens (tertiary/aromatic N) is 1. The molecule has 19 heavy (non-hydrogen) atoms.